The molecule has 15 heteroatoms. The monoisotopic (exact) mass is 669 g/mol. The van der Waals surface area contributed by atoms with Gasteiger partial charge < -0.3 is 15.0 Å². The first-order valence-corrected chi connectivity index (χ1v) is 16.2. The number of rotatable bonds is 9. The van der Waals surface area contributed by atoms with Crippen LogP contribution in [-0.4, -0.2) is 50.4 Å². The summed E-state index contributed by atoms with van der Waals surface area (Å²) in [5.41, 5.74) is 0.856. The van der Waals surface area contributed by atoms with Gasteiger partial charge >= 0.3 is 0 Å². The van der Waals surface area contributed by atoms with Crippen LogP contribution in [0.2, 0.25) is 0 Å². The Morgan fingerprint density at radius 1 is 0.957 bits per heavy atom. The summed E-state index contributed by atoms with van der Waals surface area (Å²) in [6, 6.07) is 10.4. The van der Waals surface area contributed by atoms with Crippen molar-refractivity contribution in [2.24, 2.45) is 0 Å². The van der Waals surface area contributed by atoms with Crippen molar-refractivity contribution >= 4 is 45.5 Å². The van der Waals surface area contributed by atoms with E-state index in [1.54, 1.807) is 6.07 Å². The van der Waals surface area contributed by atoms with E-state index in [-0.39, 0.29) is 34.6 Å². The molecule has 6 rings (SSSR count). The van der Waals surface area contributed by atoms with E-state index in [9.17, 15) is 17.4 Å². The van der Waals surface area contributed by atoms with Crippen molar-refractivity contribution in [2.45, 2.75) is 24.7 Å². The second-order valence-corrected chi connectivity index (χ2v) is 12.7. The summed E-state index contributed by atoms with van der Waals surface area (Å²) in [5, 5.41) is 3.68. The first-order valence-electron chi connectivity index (χ1n) is 14.2. The lowest BCUT2D eigenvalue weighted by molar-refractivity contribution is 0.122. The number of nitrogens with one attached hydrogen (secondary N) is 2. The minimum absolute atomic E-state index is 0.00290. The Morgan fingerprint density at radius 3 is 2.41 bits per heavy atom. The van der Waals surface area contributed by atoms with Crippen molar-refractivity contribution in [3.63, 3.8) is 0 Å². The first-order chi connectivity index (χ1) is 22.2. The summed E-state index contributed by atoms with van der Waals surface area (Å²) in [6.45, 7) is 5.97. The number of hydrogen-bond donors (Lipinski definition) is 2. The summed E-state index contributed by atoms with van der Waals surface area (Å²) in [6.07, 6.45) is 3.00. The zero-order valence-electron chi connectivity index (χ0n) is 24.6. The van der Waals surface area contributed by atoms with Gasteiger partial charge in [-0.3, -0.25) is 4.72 Å². The Balaban J connectivity index is 1.31. The molecule has 0 aliphatic carbocycles. The summed E-state index contributed by atoms with van der Waals surface area (Å²) in [7, 11) is -2.43. The van der Waals surface area contributed by atoms with Gasteiger partial charge in [0.2, 0.25) is 5.95 Å². The van der Waals surface area contributed by atoms with Gasteiger partial charge in [0, 0.05) is 36.8 Å². The van der Waals surface area contributed by atoms with Crippen LogP contribution in [0.15, 0.2) is 65.8 Å². The lowest BCUT2D eigenvalue weighted by Crippen LogP contribution is -2.37. The van der Waals surface area contributed by atoms with Crippen LogP contribution in [-0.2, 0) is 15.7 Å². The van der Waals surface area contributed by atoms with Crippen molar-refractivity contribution in [3.8, 4) is 21.8 Å². The summed E-state index contributed by atoms with van der Waals surface area (Å²) in [4.78, 5) is 19.5. The van der Waals surface area contributed by atoms with Crippen LogP contribution in [0.4, 0.5) is 40.7 Å². The fourth-order valence-electron chi connectivity index (χ4n) is 4.73. The van der Waals surface area contributed by atoms with E-state index < -0.39 is 39.1 Å². The maximum atomic E-state index is 16.0. The number of morpholine rings is 1. The van der Waals surface area contributed by atoms with Gasteiger partial charge in [-0.15, -0.1) is 11.3 Å². The van der Waals surface area contributed by atoms with Crippen molar-refractivity contribution in [1.29, 1.82) is 0 Å². The summed E-state index contributed by atoms with van der Waals surface area (Å²) >= 11 is 1.32. The van der Waals surface area contributed by atoms with Crippen LogP contribution in [0.5, 0.6) is 0 Å². The topological polar surface area (TPSA) is 105 Å². The second-order valence-electron chi connectivity index (χ2n) is 10.5. The maximum absolute atomic E-state index is 16.0. The standard InChI is InChI=1S/C31H27F4N7O2S2/c1-17(2)30-40-26(19-5-3-8-23(25(19)35)41-46(43)28-20(32)6-4-7-21(28)33)27(45-30)24-9-10-36-31(39-24)38-18-15-22(34)29(37-16-18)42-11-13-44-14-12-42/h3-10,15-17,41H,11-14H2,1-2H3,(H,36,38,39). The quantitative estimate of drug-likeness (QED) is 0.161. The molecular weight excluding hydrogens is 643 g/mol. The number of anilines is 4. The molecule has 238 valence electrons. The van der Waals surface area contributed by atoms with E-state index >= 15 is 4.39 Å². The first kappa shape index (κ1) is 31.5. The molecule has 9 nitrogen and oxygen atoms in total. The molecule has 0 amide bonds. The van der Waals surface area contributed by atoms with Gasteiger partial charge in [-0.1, -0.05) is 26.0 Å². The molecule has 46 heavy (non-hydrogen) atoms. The molecule has 1 aliphatic heterocycles. The van der Waals surface area contributed by atoms with E-state index in [1.807, 2.05) is 18.7 Å². The van der Waals surface area contributed by atoms with Crippen LogP contribution in [0.3, 0.4) is 0 Å². The highest BCUT2D eigenvalue weighted by atomic mass is 32.2. The lowest BCUT2D eigenvalue weighted by atomic mass is 10.1. The molecule has 2 N–H and O–H groups in total. The molecule has 3 aromatic heterocycles. The lowest BCUT2D eigenvalue weighted by Gasteiger charge is -2.28. The normalized spacial score (nSPS) is 14.0. The minimum atomic E-state index is -2.43. The molecule has 1 unspecified atom stereocenters. The van der Waals surface area contributed by atoms with E-state index in [2.05, 4.69) is 25.0 Å². The Bertz CT molecular complexity index is 1900. The second kappa shape index (κ2) is 13.5. The highest BCUT2D eigenvalue weighted by molar-refractivity contribution is 7.86. The van der Waals surface area contributed by atoms with Crippen molar-refractivity contribution < 1.29 is 26.5 Å². The fourth-order valence-corrected chi connectivity index (χ4v) is 6.73. The third-order valence-electron chi connectivity index (χ3n) is 6.98. The molecule has 4 heterocycles. The minimum Gasteiger partial charge on any atom is -0.378 e. The SMILES string of the molecule is CC(C)c1nc(-c2cccc(NS(=O)c3c(F)cccc3F)c2F)c(-c2ccnc(Nc3cnc(N4CCOCC4)c(F)c3)n2)s1. The van der Waals surface area contributed by atoms with Crippen LogP contribution >= 0.6 is 11.3 Å². The van der Waals surface area contributed by atoms with Crippen LogP contribution < -0.4 is 14.9 Å². The fraction of sp³-hybridized carbons (Fsp3) is 0.226. The molecule has 1 aliphatic rings. The number of nitrogens with zero attached hydrogens (tertiary/aromatic N) is 5. The third-order valence-corrected chi connectivity index (χ3v) is 9.52. The van der Waals surface area contributed by atoms with Crippen LogP contribution in [0.25, 0.3) is 21.8 Å². The zero-order chi connectivity index (χ0) is 32.4. The average Bonchev–Trinajstić information content (AvgIpc) is 3.49. The van der Waals surface area contributed by atoms with Crippen molar-refractivity contribution in [1.82, 2.24) is 19.9 Å². The number of aromatic nitrogens is 4. The summed E-state index contributed by atoms with van der Waals surface area (Å²) < 4.78 is 80.0. The van der Waals surface area contributed by atoms with Crippen molar-refractivity contribution in [3.05, 3.63) is 89.2 Å². The number of benzene rings is 2. The zero-order valence-corrected chi connectivity index (χ0v) is 26.2. The summed E-state index contributed by atoms with van der Waals surface area (Å²) in [5.74, 6) is -2.98. The number of halogens is 4. The Hall–Kier alpha value is -4.47. The molecule has 5 aromatic rings. The molecule has 0 bridgehead atoms. The predicted octanol–water partition coefficient (Wildman–Crippen LogP) is 7.06. The molecule has 0 spiro atoms. The van der Waals surface area contributed by atoms with E-state index in [4.69, 9.17) is 9.72 Å². The van der Waals surface area contributed by atoms with E-state index in [0.717, 1.165) is 18.2 Å². The number of hydrogen-bond acceptors (Lipinski definition) is 9. The van der Waals surface area contributed by atoms with Gasteiger partial charge in [0.25, 0.3) is 0 Å². The predicted molar refractivity (Wildman–Crippen MR) is 170 cm³/mol. The molecule has 2 aromatic carbocycles. The van der Waals surface area contributed by atoms with Crippen LogP contribution in [0.1, 0.15) is 24.8 Å². The molecule has 1 fully saturated rings. The van der Waals surface area contributed by atoms with Gasteiger partial charge in [0.15, 0.2) is 28.4 Å². The number of ether oxygens (including phenoxy) is 1. The van der Waals surface area contributed by atoms with Gasteiger partial charge in [-0.2, -0.15) is 0 Å². The number of pyridine rings is 1. The number of thiazole rings is 1. The third kappa shape index (κ3) is 6.57. The molecule has 0 radical (unpaired) electrons. The smallest absolute Gasteiger partial charge is 0.227 e. The highest BCUT2D eigenvalue weighted by Crippen LogP contribution is 2.41. The van der Waals surface area contributed by atoms with Gasteiger partial charge in [0.1, 0.15) is 16.5 Å². The molecular formula is C31H27F4N7O2S2. The van der Waals surface area contributed by atoms with Crippen LogP contribution in [0, 0.1) is 23.3 Å². The Morgan fingerprint density at radius 2 is 1.70 bits per heavy atom. The van der Waals surface area contributed by atoms with Gasteiger partial charge in [-0.25, -0.2) is 41.7 Å². The maximum Gasteiger partial charge on any atom is 0.227 e. The molecule has 0 saturated carbocycles. The van der Waals surface area contributed by atoms with Gasteiger partial charge in [-0.05, 0) is 30.3 Å². The van der Waals surface area contributed by atoms with Gasteiger partial charge in [0.05, 0.1) is 52.1 Å². The van der Waals surface area contributed by atoms with E-state index in [0.29, 0.717) is 47.6 Å². The van der Waals surface area contributed by atoms with E-state index in [1.165, 1.54) is 48.0 Å². The molecule has 1 atom stereocenters. The Labute approximate surface area is 268 Å². The molecule has 1 saturated heterocycles. The highest BCUT2D eigenvalue weighted by Gasteiger charge is 2.24. The Kier molecular flexibility index (Phi) is 9.24. The largest absolute Gasteiger partial charge is 0.378 e. The van der Waals surface area contributed by atoms with Crippen molar-refractivity contribution in [2.75, 3.05) is 41.2 Å². The average molecular weight is 670 g/mol.